The van der Waals surface area contributed by atoms with E-state index < -0.39 is 10.0 Å². The number of benzene rings is 2. The SMILES string of the molecule is CCCS(=O)(=O)N1C[C@H]2C[C@H](C1)c1ccc(-c3ccc4ccccc4c3)c(=O)n1C2. The molecule has 0 N–H and O–H groups in total. The maximum absolute atomic E-state index is 13.4. The zero-order valence-electron chi connectivity index (χ0n) is 17.1. The van der Waals surface area contributed by atoms with Crippen molar-refractivity contribution >= 4 is 20.8 Å². The van der Waals surface area contributed by atoms with Gasteiger partial charge in [0.15, 0.2) is 0 Å². The molecule has 0 radical (unpaired) electrons. The molecule has 2 aliphatic heterocycles. The zero-order valence-corrected chi connectivity index (χ0v) is 17.9. The van der Waals surface area contributed by atoms with E-state index in [1.54, 1.807) is 4.31 Å². The number of rotatable bonds is 4. The van der Waals surface area contributed by atoms with E-state index in [-0.39, 0.29) is 23.1 Å². The predicted octanol–water partition coefficient (Wildman–Crippen LogP) is 3.83. The summed E-state index contributed by atoms with van der Waals surface area (Å²) >= 11 is 0. The molecule has 1 fully saturated rings. The van der Waals surface area contributed by atoms with E-state index >= 15 is 0 Å². The largest absolute Gasteiger partial charge is 0.311 e. The van der Waals surface area contributed by atoms with Gasteiger partial charge >= 0.3 is 0 Å². The minimum atomic E-state index is -3.21. The van der Waals surface area contributed by atoms with Crippen molar-refractivity contribution in [3.63, 3.8) is 0 Å². The lowest BCUT2D eigenvalue weighted by atomic mass is 9.84. The highest BCUT2D eigenvalue weighted by molar-refractivity contribution is 7.89. The number of piperidine rings is 1. The number of aromatic nitrogens is 1. The number of fused-ring (bicyclic) bond motifs is 5. The lowest BCUT2D eigenvalue weighted by molar-refractivity contribution is 0.186. The fourth-order valence-electron chi connectivity index (χ4n) is 5.09. The van der Waals surface area contributed by atoms with Crippen molar-refractivity contribution in [2.75, 3.05) is 18.8 Å². The van der Waals surface area contributed by atoms with Crippen LogP contribution < -0.4 is 5.56 Å². The van der Waals surface area contributed by atoms with Gasteiger partial charge < -0.3 is 4.57 Å². The summed E-state index contributed by atoms with van der Waals surface area (Å²) in [5, 5.41) is 2.27. The Bertz CT molecular complexity index is 1280. The number of pyridine rings is 1. The summed E-state index contributed by atoms with van der Waals surface area (Å²) < 4.78 is 28.7. The molecule has 0 aliphatic carbocycles. The van der Waals surface area contributed by atoms with Crippen LogP contribution in [-0.4, -0.2) is 36.1 Å². The summed E-state index contributed by atoms with van der Waals surface area (Å²) in [6.45, 7) is 3.48. The van der Waals surface area contributed by atoms with Crippen molar-refractivity contribution < 1.29 is 8.42 Å². The number of sulfonamides is 1. The van der Waals surface area contributed by atoms with Gasteiger partial charge in [0, 0.05) is 36.8 Å². The molecule has 5 nitrogen and oxygen atoms in total. The fraction of sp³-hybridized carbons (Fsp3) is 0.375. The van der Waals surface area contributed by atoms with Gasteiger partial charge in [-0.3, -0.25) is 4.79 Å². The van der Waals surface area contributed by atoms with Crippen LogP contribution >= 0.6 is 0 Å². The highest BCUT2D eigenvalue weighted by atomic mass is 32.2. The standard InChI is InChI=1S/C24H26N2O3S/c1-2-11-30(28,29)25-14-17-12-21(16-25)23-10-9-22(24(27)26(23)15-17)20-8-7-18-5-3-4-6-19(18)13-20/h3-10,13,17,21H,2,11-12,14-16H2,1H3/t17-,21-/m1/s1. The lowest BCUT2D eigenvalue weighted by Crippen LogP contribution is -2.49. The van der Waals surface area contributed by atoms with Crippen molar-refractivity contribution in [1.29, 1.82) is 0 Å². The zero-order chi connectivity index (χ0) is 20.9. The molecular formula is C24H26N2O3S. The van der Waals surface area contributed by atoms with E-state index in [0.717, 1.165) is 28.5 Å². The molecule has 1 aromatic heterocycles. The van der Waals surface area contributed by atoms with E-state index in [1.807, 2.05) is 41.8 Å². The Hall–Kier alpha value is -2.44. The molecule has 0 amide bonds. The van der Waals surface area contributed by atoms with E-state index in [4.69, 9.17) is 0 Å². The van der Waals surface area contributed by atoms with Gasteiger partial charge in [0.1, 0.15) is 0 Å². The summed E-state index contributed by atoms with van der Waals surface area (Å²) in [4.78, 5) is 13.4. The third kappa shape index (κ3) is 3.28. The quantitative estimate of drug-likeness (QED) is 0.642. The molecule has 2 aromatic carbocycles. The Labute approximate surface area is 177 Å². The second-order valence-corrected chi connectivity index (χ2v) is 10.7. The first-order valence-electron chi connectivity index (χ1n) is 10.7. The fourth-order valence-corrected chi connectivity index (χ4v) is 6.71. The molecule has 3 aromatic rings. The van der Waals surface area contributed by atoms with Crippen LogP contribution in [-0.2, 0) is 16.6 Å². The molecule has 5 rings (SSSR count). The molecule has 2 atom stereocenters. The van der Waals surface area contributed by atoms with E-state index in [1.165, 1.54) is 0 Å². The van der Waals surface area contributed by atoms with Gasteiger partial charge in [-0.15, -0.1) is 0 Å². The first-order chi connectivity index (χ1) is 14.5. The van der Waals surface area contributed by atoms with Gasteiger partial charge in [-0.05, 0) is 53.3 Å². The highest BCUT2D eigenvalue weighted by Crippen LogP contribution is 2.37. The number of hydrogen-bond donors (Lipinski definition) is 0. The molecule has 0 saturated carbocycles. The normalized spacial score (nSPS) is 21.5. The Morgan fingerprint density at radius 2 is 1.77 bits per heavy atom. The first kappa shape index (κ1) is 19.5. The van der Waals surface area contributed by atoms with Crippen LogP contribution in [0.2, 0.25) is 0 Å². The summed E-state index contributed by atoms with van der Waals surface area (Å²) in [6, 6.07) is 18.2. The molecular weight excluding hydrogens is 396 g/mol. The Morgan fingerprint density at radius 1 is 0.967 bits per heavy atom. The second kappa shape index (κ2) is 7.36. The molecule has 6 heteroatoms. The van der Waals surface area contributed by atoms with Crippen LogP contribution in [0.25, 0.3) is 21.9 Å². The van der Waals surface area contributed by atoms with Crippen LogP contribution in [0.5, 0.6) is 0 Å². The maximum Gasteiger partial charge on any atom is 0.258 e. The van der Waals surface area contributed by atoms with Gasteiger partial charge in [-0.2, -0.15) is 0 Å². The molecule has 156 valence electrons. The van der Waals surface area contributed by atoms with Gasteiger partial charge in [0.2, 0.25) is 10.0 Å². The van der Waals surface area contributed by atoms with Crippen molar-refractivity contribution in [2.24, 2.45) is 5.92 Å². The minimum absolute atomic E-state index is 0.0300. The second-order valence-electron chi connectivity index (χ2n) is 8.58. The van der Waals surface area contributed by atoms with Crippen LogP contribution in [0.4, 0.5) is 0 Å². The third-order valence-electron chi connectivity index (χ3n) is 6.49. The first-order valence-corrected chi connectivity index (χ1v) is 12.3. The van der Waals surface area contributed by atoms with Gasteiger partial charge in [0.05, 0.1) is 5.75 Å². The topological polar surface area (TPSA) is 59.4 Å². The summed E-state index contributed by atoms with van der Waals surface area (Å²) in [7, 11) is -3.21. The average molecular weight is 423 g/mol. The van der Waals surface area contributed by atoms with E-state index in [0.29, 0.717) is 31.6 Å². The monoisotopic (exact) mass is 422 g/mol. The molecule has 2 aliphatic rings. The van der Waals surface area contributed by atoms with E-state index in [2.05, 4.69) is 24.3 Å². The minimum Gasteiger partial charge on any atom is -0.311 e. The molecule has 0 unspecified atom stereocenters. The predicted molar refractivity (Wildman–Crippen MR) is 120 cm³/mol. The van der Waals surface area contributed by atoms with E-state index in [9.17, 15) is 13.2 Å². The Morgan fingerprint density at radius 3 is 2.57 bits per heavy atom. The smallest absolute Gasteiger partial charge is 0.258 e. The molecule has 30 heavy (non-hydrogen) atoms. The number of nitrogens with zero attached hydrogens (tertiary/aromatic N) is 2. The van der Waals surface area contributed by atoms with Crippen molar-refractivity contribution in [2.45, 2.75) is 32.2 Å². The van der Waals surface area contributed by atoms with Crippen molar-refractivity contribution in [1.82, 2.24) is 8.87 Å². The maximum atomic E-state index is 13.4. The highest BCUT2D eigenvalue weighted by Gasteiger charge is 2.38. The average Bonchev–Trinajstić information content (AvgIpc) is 2.74. The Balaban J connectivity index is 1.52. The van der Waals surface area contributed by atoms with Crippen molar-refractivity contribution in [3.05, 3.63) is 70.6 Å². The van der Waals surface area contributed by atoms with Crippen LogP contribution in [0, 0.1) is 5.92 Å². The van der Waals surface area contributed by atoms with Crippen LogP contribution in [0.3, 0.4) is 0 Å². The van der Waals surface area contributed by atoms with Gasteiger partial charge in [-0.25, -0.2) is 12.7 Å². The summed E-state index contributed by atoms with van der Waals surface area (Å²) in [6.07, 6.45) is 1.58. The van der Waals surface area contributed by atoms with Crippen LogP contribution in [0.1, 0.15) is 31.4 Å². The van der Waals surface area contributed by atoms with Gasteiger partial charge in [-0.1, -0.05) is 43.3 Å². The Kier molecular flexibility index (Phi) is 4.79. The van der Waals surface area contributed by atoms with Gasteiger partial charge in [0.25, 0.3) is 5.56 Å². The van der Waals surface area contributed by atoms with Crippen LogP contribution in [0.15, 0.2) is 59.4 Å². The molecule has 3 heterocycles. The molecule has 0 spiro atoms. The van der Waals surface area contributed by atoms with Crippen molar-refractivity contribution in [3.8, 4) is 11.1 Å². The third-order valence-corrected chi connectivity index (χ3v) is 8.50. The lowest BCUT2D eigenvalue weighted by Gasteiger charge is -2.42. The summed E-state index contributed by atoms with van der Waals surface area (Å²) in [5.41, 5.74) is 2.64. The molecule has 1 saturated heterocycles. The molecule has 2 bridgehead atoms. The summed E-state index contributed by atoms with van der Waals surface area (Å²) in [5.74, 6) is 0.468. The number of hydrogen-bond acceptors (Lipinski definition) is 3.